The molecule has 28 heteroatoms. The molecule has 0 bridgehead atoms. The van der Waals surface area contributed by atoms with E-state index in [4.69, 9.17) is 11.6 Å². The Kier molecular flexibility index (Phi) is 26.3. The Morgan fingerprint density at radius 3 is 1.83 bits per heavy atom. The lowest BCUT2D eigenvalue weighted by Gasteiger charge is -2.46. The van der Waals surface area contributed by atoms with Crippen LogP contribution in [0.5, 0.6) is 0 Å². The van der Waals surface area contributed by atoms with Crippen LogP contribution in [0, 0.1) is 23.7 Å². The van der Waals surface area contributed by atoms with Crippen molar-refractivity contribution in [1.82, 2.24) is 55.1 Å². The molecule has 2 heterocycles. The van der Waals surface area contributed by atoms with Gasteiger partial charge in [-0.1, -0.05) is 96.7 Å². The number of nitrogens with one attached hydrogen (secondary N) is 3. The lowest BCUT2D eigenvalue weighted by Crippen LogP contribution is -2.68. The van der Waals surface area contributed by atoms with Gasteiger partial charge in [0.1, 0.15) is 41.8 Å². The van der Waals surface area contributed by atoms with E-state index in [0.29, 0.717) is 30.6 Å². The average molecular weight is 1350 g/mol. The minimum Gasteiger partial charge on any atom is -0.343 e. The average Bonchev–Trinajstić information content (AvgIpc) is 1.25. The number of carbonyl (C=O) groups is 11. The number of hydrogen-bond donors (Lipinski definition) is 3. The quantitative estimate of drug-likeness (QED) is 0.233. The highest BCUT2D eigenvalue weighted by atomic mass is 35.5. The summed E-state index contributed by atoms with van der Waals surface area (Å²) in [4.78, 5) is 169. The molecular weight excluding hydrogens is 1250 g/mol. The number of alkyl halides is 5. The van der Waals surface area contributed by atoms with E-state index in [1.165, 1.54) is 68.9 Å². The number of fused-ring (bicyclic) bond motifs is 1. The van der Waals surface area contributed by atoms with Crippen LogP contribution in [-0.2, 0) is 65.3 Å². The summed E-state index contributed by atoms with van der Waals surface area (Å²) in [6.07, 6.45) is 0.977. The van der Waals surface area contributed by atoms with Gasteiger partial charge in [-0.3, -0.25) is 52.7 Å². The number of benzene rings is 1. The van der Waals surface area contributed by atoms with Gasteiger partial charge in [0.2, 0.25) is 65.0 Å². The van der Waals surface area contributed by atoms with Crippen LogP contribution in [0.2, 0.25) is 5.02 Å². The van der Waals surface area contributed by atoms with Gasteiger partial charge in [0.05, 0.1) is 36.8 Å². The molecular formula is C66H99ClF5N11O11. The molecule has 2 saturated heterocycles. The Bertz CT molecular complexity index is 2940. The molecule has 1 spiro atoms. The van der Waals surface area contributed by atoms with Crippen LogP contribution in [0.1, 0.15) is 161 Å². The van der Waals surface area contributed by atoms with Gasteiger partial charge in [-0.05, 0) is 106 Å². The summed E-state index contributed by atoms with van der Waals surface area (Å²) in [5.74, 6) is -13.0. The molecule has 0 aromatic heterocycles. The zero-order valence-electron chi connectivity index (χ0n) is 56.7. The molecule has 0 radical (unpaired) electrons. The van der Waals surface area contributed by atoms with Crippen LogP contribution in [-0.4, -0.2) is 233 Å². The first-order valence-corrected chi connectivity index (χ1v) is 33.5. The van der Waals surface area contributed by atoms with Crippen molar-refractivity contribution in [2.45, 2.75) is 217 Å². The number of halogens is 6. The Hall–Kier alpha value is -6.67. The van der Waals surface area contributed by atoms with Crippen LogP contribution < -0.4 is 16.0 Å². The third-order valence-electron chi connectivity index (χ3n) is 20.2. The van der Waals surface area contributed by atoms with Crippen LogP contribution in [0.25, 0.3) is 0 Å². The number of amides is 11. The van der Waals surface area contributed by atoms with Gasteiger partial charge in [-0.15, -0.1) is 0 Å². The zero-order chi connectivity index (χ0) is 70.1. The van der Waals surface area contributed by atoms with Crippen molar-refractivity contribution in [3.8, 4) is 0 Å². The minimum atomic E-state index is -4.82. The molecule has 1 unspecified atom stereocenters. The van der Waals surface area contributed by atoms with Crippen molar-refractivity contribution in [2.24, 2.45) is 23.7 Å². The second-order valence-electron chi connectivity index (χ2n) is 27.8. The predicted octanol–water partition coefficient (Wildman–Crippen LogP) is 5.90. The van der Waals surface area contributed by atoms with Crippen LogP contribution >= 0.6 is 11.6 Å². The van der Waals surface area contributed by atoms with E-state index in [1.807, 2.05) is 20.8 Å². The van der Waals surface area contributed by atoms with Gasteiger partial charge < -0.3 is 55.1 Å². The normalized spacial score (nSPS) is 27.3. The van der Waals surface area contributed by atoms with Gasteiger partial charge in [0, 0.05) is 68.2 Å². The van der Waals surface area contributed by atoms with Crippen LogP contribution in [0.15, 0.2) is 18.2 Å². The van der Waals surface area contributed by atoms with Gasteiger partial charge >= 0.3 is 6.18 Å². The van der Waals surface area contributed by atoms with Gasteiger partial charge in [0.15, 0.2) is 0 Å². The molecule has 2 aliphatic heterocycles. The molecule has 1 aromatic rings. The number of nitrogens with zero attached hydrogens (tertiary/aromatic N) is 8. The highest BCUT2D eigenvalue weighted by Crippen LogP contribution is 2.40. The fourth-order valence-corrected chi connectivity index (χ4v) is 14.1. The maximum atomic E-state index is 15.9. The molecule has 5 aliphatic rings. The first-order chi connectivity index (χ1) is 43.9. The maximum absolute atomic E-state index is 15.9. The van der Waals surface area contributed by atoms with Gasteiger partial charge in [0.25, 0.3) is 5.92 Å². The SMILES string of the molecule is CC[C@H](C)[C@@H]1NC(=O)[C@H](CC(C)C)N(C)C(=O)C[C@@H](C)N(C)C(=O)[C@H](C2CCCC2)N(C)C(=O)C2(CCC2)NC(=O)C2CC(F)(F)CN2C(=O)[C@H](CCc2ccc(C(F)(F)F)c(Cl)c2)NC(=O)CN(C)C(=O)[C@H](CC2CCCCC2)N(C)C(=O)CN(C)C(=O)CN(C)C1=O. The van der Waals surface area contributed by atoms with E-state index in [2.05, 4.69) is 16.0 Å². The second kappa shape index (κ2) is 32.4. The number of carbonyl (C=O) groups excluding carboxylic acids is 11. The zero-order valence-corrected chi connectivity index (χ0v) is 57.4. The summed E-state index contributed by atoms with van der Waals surface area (Å²) in [6, 6.07) is -6.22. The maximum Gasteiger partial charge on any atom is 0.417 e. The number of rotatable bonds is 10. The van der Waals surface area contributed by atoms with E-state index < -0.39 is 180 Å². The van der Waals surface area contributed by atoms with Gasteiger partial charge in [-0.25, -0.2) is 8.78 Å². The molecule has 3 saturated carbocycles. The van der Waals surface area contributed by atoms with Gasteiger partial charge in [-0.2, -0.15) is 13.2 Å². The Labute approximate surface area is 554 Å². The first kappa shape index (κ1) is 76.3. The number of hydrogen-bond acceptors (Lipinski definition) is 11. The summed E-state index contributed by atoms with van der Waals surface area (Å²) < 4.78 is 73.2. The highest BCUT2D eigenvalue weighted by Gasteiger charge is 2.56. The van der Waals surface area contributed by atoms with E-state index in [1.54, 1.807) is 13.8 Å². The van der Waals surface area contributed by atoms with Crippen LogP contribution in [0.4, 0.5) is 22.0 Å². The first-order valence-electron chi connectivity index (χ1n) is 33.2. The predicted molar refractivity (Wildman–Crippen MR) is 340 cm³/mol. The van der Waals surface area contributed by atoms with Crippen molar-refractivity contribution in [1.29, 1.82) is 0 Å². The molecule has 11 amide bonds. The largest absolute Gasteiger partial charge is 0.417 e. The summed E-state index contributed by atoms with van der Waals surface area (Å²) in [5.41, 5.74) is -2.70. The fraction of sp³-hybridized carbons (Fsp3) is 0.742. The van der Waals surface area contributed by atoms with E-state index in [-0.39, 0.29) is 61.8 Å². The molecule has 5 fully saturated rings. The lowest BCUT2D eigenvalue weighted by atomic mass is 9.74. The van der Waals surface area contributed by atoms with Crippen LogP contribution in [0.3, 0.4) is 0 Å². The molecule has 22 nitrogen and oxygen atoms in total. The smallest absolute Gasteiger partial charge is 0.343 e. The Morgan fingerprint density at radius 1 is 0.660 bits per heavy atom. The highest BCUT2D eigenvalue weighted by molar-refractivity contribution is 6.31. The summed E-state index contributed by atoms with van der Waals surface area (Å²) in [7, 11) is 9.79. The molecule has 526 valence electrons. The van der Waals surface area contributed by atoms with Crippen molar-refractivity contribution in [3.63, 3.8) is 0 Å². The minimum absolute atomic E-state index is 0.0306. The Balaban J connectivity index is 1.39. The monoisotopic (exact) mass is 1350 g/mol. The van der Waals surface area contributed by atoms with Crippen molar-refractivity contribution >= 4 is 76.6 Å². The Morgan fingerprint density at radius 2 is 1.26 bits per heavy atom. The fourth-order valence-electron chi connectivity index (χ4n) is 13.8. The van der Waals surface area contributed by atoms with E-state index in [0.717, 1.165) is 77.8 Å². The standard InChI is InChI=1S/C66H99ClF5N11O11/c1-13-40(4)55-61(92)78(8)36-53(86)76(6)37-54(87)81(11)49(33-42-20-15-14-16-21-42)60(91)77(7)35-51(84)73-47(27-25-43-24-26-45(46(67)32-43)66(70,71)72)59(90)83-38-65(68,69)34-50(83)58(89)75-64(28-19-29-64)63(94)82(12)56(44-22-17-18-23-44)62(93)79(9)41(5)31-52(85)80(10)48(30-39(2)3)57(88)74-55/h24,26,32,39-42,44,47-50,55-56H,13-23,25,27-31,33-38H2,1-12H3,(H,73,84)(H,74,88)(H,75,89)/t40-,41+,47-,48-,49-,50?,55-,56-/m0/s1. The summed E-state index contributed by atoms with van der Waals surface area (Å²) in [5, 5.41) is 7.46. The number of likely N-dealkylation sites (N-methyl/N-ethyl adjacent to an activating group) is 7. The molecule has 94 heavy (non-hydrogen) atoms. The lowest BCUT2D eigenvalue weighted by molar-refractivity contribution is -0.155. The molecule has 6 rings (SSSR count). The molecule has 1 aromatic carbocycles. The van der Waals surface area contributed by atoms with Crippen molar-refractivity contribution in [2.75, 3.05) is 75.5 Å². The van der Waals surface area contributed by atoms with Crippen molar-refractivity contribution in [3.05, 3.63) is 34.3 Å². The van der Waals surface area contributed by atoms with E-state index in [9.17, 15) is 61.1 Å². The molecule has 8 atom stereocenters. The third kappa shape index (κ3) is 18.9. The van der Waals surface area contributed by atoms with Crippen molar-refractivity contribution < 1.29 is 74.7 Å². The summed E-state index contributed by atoms with van der Waals surface area (Å²) in [6.45, 7) is 5.81. The van der Waals surface area contributed by atoms with E-state index >= 15 is 13.6 Å². The molecule has 3 N–H and O–H groups in total. The third-order valence-corrected chi connectivity index (χ3v) is 20.5. The topological polar surface area (TPSA) is 250 Å². The number of aryl methyl sites for hydroxylation is 1. The summed E-state index contributed by atoms with van der Waals surface area (Å²) >= 11 is 6.07. The molecule has 3 aliphatic carbocycles. The second-order valence-corrected chi connectivity index (χ2v) is 28.2.